The largest absolute Gasteiger partial charge is 0.326 e. The average Bonchev–Trinajstić information content (AvgIpc) is 2.41. The number of halogens is 1. The van der Waals surface area contributed by atoms with E-state index in [9.17, 15) is 9.59 Å². The third-order valence-electron chi connectivity index (χ3n) is 3.28. The van der Waals surface area contributed by atoms with E-state index >= 15 is 0 Å². The molecular weight excluding hydrogens is 262 g/mol. The Labute approximate surface area is 119 Å². The minimum Gasteiger partial charge on any atom is -0.326 e. The maximum Gasteiger partial charge on any atom is 0.227 e. The van der Waals surface area contributed by atoms with Gasteiger partial charge in [-0.1, -0.05) is 13.8 Å². The van der Waals surface area contributed by atoms with Gasteiger partial charge in [0.2, 0.25) is 5.91 Å². The lowest BCUT2D eigenvalue weighted by atomic mass is 10.0. The quantitative estimate of drug-likeness (QED) is 0.637. The van der Waals surface area contributed by atoms with Gasteiger partial charge in [0.15, 0.2) is 5.78 Å². The predicted molar refractivity (Wildman–Crippen MR) is 78.9 cm³/mol. The Kier molecular flexibility index (Phi) is 6.03. The number of carbonyl (C=O) groups is 2. The van der Waals surface area contributed by atoms with Crippen LogP contribution in [0.25, 0.3) is 0 Å². The SMILES string of the molecule is CCC(CC)C(=O)Nc1ccc(C(=O)CCl)cc1C. The van der Waals surface area contributed by atoms with Crippen molar-refractivity contribution in [1.29, 1.82) is 0 Å². The van der Waals surface area contributed by atoms with E-state index in [0.29, 0.717) is 5.56 Å². The summed E-state index contributed by atoms with van der Waals surface area (Å²) in [7, 11) is 0. The Bertz CT molecular complexity index is 467. The van der Waals surface area contributed by atoms with Gasteiger partial charge in [-0.15, -0.1) is 11.6 Å². The highest BCUT2D eigenvalue weighted by atomic mass is 35.5. The molecule has 0 bridgehead atoms. The van der Waals surface area contributed by atoms with E-state index < -0.39 is 0 Å². The first-order valence-electron chi connectivity index (χ1n) is 6.54. The lowest BCUT2D eigenvalue weighted by Gasteiger charge is -2.14. The number of nitrogens with one attached hydrogen (secondary N) is 1. The summed E-state index contributed by atoms with van der Waals surface area (Å²) in [6, 6.07) is 5.21. The van der Waals surface area contributed by atoms with Gasteiger partial charge in [-0.2, -0.15) is 0 Å². The molecule has 0 aliphatic heterocycles. The van der Waals surface area contributed by atoms with Crippen LogP contribution in [0, 0.1) is 12.8 Å². The Hall–Kier alpha value is -1.35. The van der Waals surface area contributed by atoms with Crippen LogP contribution in [0.2, 0.25) is 0 Å². The number of amides is 1. The van der Waals surface area contributed by atoms with Crippen molar-refractivity contribution in [3.63, 3.8) is 0 Å². The molecule has 0 atom stereocenters. The van der Waals surface area contributed by atoms with E-state index in [1.165, 1.54) is 0 Å². The van der Waals surface area contributed by atoms with Crippen LogP contribution in [0.15, 0.2) is 18.2 Å². The van der Waals surface area contributed by atoms with Gasteiger partial charge in [0.1, 0.15) is 0 Å². The number of hydrogen-bond acceptors (Lipinski definition) is 2. The van der Waals surface area contributed by atoms with Crippen LogP contribution in [0.3, 0.4) is 0 Å². The van der Waals surface area contributed by atoms with Gasteiger partial charge in [-0.05, 0) is 43.5 Å². The first kappa shape index (κ1) is 15.7. The zero-order valence-electron chi connectivity index (χ0n) is 11.6. The fourth-order valence-corrected chi connectivity index (χ4v) is 2.10. The van der Waals surface area contributed by atoms with E-state index in [4.69, 9.17) is 11.6 Å². The van der Waals surface area contributed by atoms with Gasteiger partial charge in [-0.3, -0.25) is 9.59 Å². The highest BCUT2D eigenvalue weighted by molar-refractivity contribution is 6.30. The minimum atomic E-state index is -0.109. The van der Waals surface area contributed by atoms with Crippen LogP contribution in [-0.4, -0.2) is 17.6 Å². The molecule has 1 N–H and O–H groups in total. The molecule has 19 heavy (non-hydrogen) atoms. The van der Waals surface area contributed by atoms with Gasteiger partial charge in [-0.25, -0.2) is 0 Å². The molecule has 3 nitrogen and oxygen atoms in total. The molecule has 1 aromatic rings. The van der Waals surface area contributed by atoms with E-state index in [2.05, 4.69) is 5.32 Å². The van der Waals surface area contributed by atoms with Crippen molar-refractivity contribution in [2.45, 2.75) is 33.6 Å². The van der Waals surface area contributed by atoms with Crippen LogP contribution < -0.4 is 5.32 Å². The van der Waals surface area contributed by atoms with Crippen LogP contribution >= 0.6 is 11.6 Å². The molecule has 0 aromatic heterocycles. The van der Waals surface area contributed by atoms with Gasteiger partial charge in [0.25, 0.3) is 0 Å². The Morgan fingerprint density at radius 3 is 2.37 bits per heavy atom. The average molecular weight is 282 g/mol. The summed E-state index contributed by atoms with van der Waals surface area (Å²) >= 11 is 5.52. The van der Waals surface area contributed by atoms with Gasteiger partial charge in [0, 0.05) is 17.2 Å². The minimum absolute atomic E-state index is 0.0289. The smallest absolute Gasteiger partial charge is 0.227 e. The fraction of sp³-hybridized carbons (Fsp3) is 0.467. The summed E-state index contributed by atoms with van der Waals surface area (Å²) in [5.41, 5.74) is 2.20. The first-order chi connectivity index (χ1) is 9.03. The van der Waals surface area contributed by atoms with Crippen molar-refractivity contribution < 1.29 is 9.59 Å². The lowest BCUT2D eigenvalue weighted by Crippen LogP contribution is -2.22. The number of ketones is 1. The third kappa shape index (κ3) is 4.06. The highest BCUT2D eigenvalue weighted by Gasteiger charge is 2.15. The molecule has 104 valence electrons. The predicted octanol–water partition coefficient (Wildman–Crippen LogP) is 3.79. The molecule has 0 unspecified atom stereocenters. The molecule has 0 spiro atoms. The molecule has 1 amide bonds. The van der Waals surface area contributed by atoms with Crippen molar-refractivity contribution in [2.75, 3.05) is 11.2 Å². The molecule has 4 heteroatoms. The fourth-order valence-electron chi connectivity index (χ4n) is 1.95. The van der Waals surface area contributed by atoms with Crippen LogP contribution in [0.5, 0.6) is 0 Å². The molecule has 0 aliphatic carbocycles. The zero-order valence-corrected chi connectivity index (χ0v) is 12.4. The molecular formula is C15H20ClNO2. The number of aryl methyl sites for hydroxylation is 1. The number of alkyl halides is 1. The van der Waals surface area contributed by atoms with Crippen molar-refractivity contribution in [1.82, 2.24) is 0 Å². The molecule has 0 heterocycles. The molecule has 0 fully saturated rings. The molecule has 0 saturated heterocycles. The number of anilines is 1. The summed E-state index contributed by atoms with van der Waals surface area (Å²) < 4.78 is 0. The normalized spacial score (nSPS) is 10.6. The summed E-state index contributed by atoms with van der Waals surface area (Å²) in [6.07, 6.45) is 1.65. The summed E-state index contributed by atoms with van der Waals surface area (Å²) in [4.78, 5) is 23.5. The molecule has 1 rings (SSSR count). The van der Waals surface area contributed by atoms with Crippen molar-refractivity contribution in [3.8, 4) is 0 Å². The van der Waals surface area contributed by atoms with Gasteiger partial charge in [0.05, 0.1) is 5.88 Å². The lowest BCUT2D eigenvalue weighted by molar-refractivity contribution is -0.120. The standard InChI is InChI=1S/C15H20ClNO2/c1-4-11(5-2)15(19)17-13-7-6-12(8-10(13)3)14(18)9-16/h6-8,11H,4-5,9H2,1-3H3,(H,17,19). The van der Waals surface area contributed by atoms with Crippen molar-refractivity contribution in [3.05, 3.63) is 29.3 Å². The molecule has 0 radical (unpaired) electrons. The van der Waals surface area contributed by atoms with Crippen LogP contribution in [0.4, 0.5) is 5.69 Å². The van der Waals surface area contributed by atoms with E-state index in [-0.39, 0.29) is 23.5 Å². The van der Waals surface area contributed by atoms with E-state index in [1.807, 2.05) is 20.8 Å². The molecule has 0 saturated carbocycles. The van der Waals surface area contributed by atoms with Gasteiger partial charge >= 0.3 is 0 Å². The maximum absolute atomic E-state index is 12.0. The summed E-state index contributed by atoms with van der Waals surface area (Å²) in [5, 5.41) is 2.91. The number of carbonyl (C=O) groups excluding carboxylic acids is 2. The monoisotopic (exact) mass is 281 g/mol. The van der Waals surface area contributed by atoms with Crippen molar-refractivity contribution >= 4 is 29.0 Å². The maximum atomic E-state index is 12.0. The number of hydrogen-bond donors (Lipinski definition) is 1. The van der Waals surface area contributed by atoms with E-state index in [1.54, 1.807) is 18.2 Å². The Balaban J connectivity index is 2.86. The first-order valence-corrected chi connectivity index (χ1v) is 7.07. The topological polar surface area (TPSA) is 46.2 Å². The summed E-state index contributed by atoms with van der Waals surface area (Å²) in [6.45, 7) is 5.87. The second kappa shape index (κ2) is 7.29. The highest BCUT2D eigenvalue weighted by Crippen LogP contribution is 2.19. The summed E-state index contributed by atoms with van der Waals surface area (Å²) in [5.74, 6) is -0.0745. The van der Waals surface area contributed by atoms with Crippen molar-refractivity contribution in [2.24, 2.45) is 5.92 Å². The molecule has 0 aliphatic rings. The van der Waals surface area contributed by atoms with Gasteiger partial charge < -0.3 is 5.32 Å². The van der Waals surface area contributed by atoms with Crippen LogP contribution in [0.1, 0.15) is 42.6 Å². The zero-order chi connectivity index (χ0) is 14.4. The third-order valence-corrected chi connectivity index (χ3v) is 3.53. The number of rotatable bonds is 6. The molecule has 1 aromatic carbocycles. The number of benzene rings is 1. The van der Waals surface area contributed by atoms with Crippen LogP contribution in [-0.2, 0) is 4.79 Å². The number of Topliss-reactive ketones (excluding diaryl/α,β-unsaturated/α-hetero) is 1. The Morgan fingerprint density at radius 2 is 1.89 bits per heavy atom. The second-order valence-electron chi connectivity index (χ2n) is 4.59. The van der Waals surface area contributed by atoms with E-state index in [0.717, 1.165) is 24.1 Å². The second-order valence-corrected chi connectivity index (χ2v) is 4.86. The Morgan fingerprint density at radius 1 is 1.26 bits per heavy atom.